The smallest absolute Gasteiger partial charge is 0.267 e. The first-order valence-electron chi connectivity index (χ1n) is 6.79. The average molecular weight is 292 g/mol. The van der Waals surface area contributed by atoms with Gasteiger partial charge in [-0.25, -0.2) is 0 Å². The zero-order chi connectivity index (χ0) is 15.8. The third kappa shape index (κ3) is 4.46. The number of hydrogen-bond acceptors (Lipinski definition) is 4. The van der Waals surface area contributed by atoms with Crippen LogP contribution in [0.15, 0.2) is 60.6 Å². The van der Waals surface area contributed by atoms with Crippen molar-refractivity contribution in [1.82, 2.24) is 10.3 Å². The van der Waals surface area contributed by atoms with Crippen LogP contribution < -0.4 is 10.6 Å². The molecule has 22 heavy (non-hydrogen) atoms. The van der Waals surface area contributed by atoms with Gasteiger partial charge in [-0.3, -0.25) is 9.78 Å². The number of anilines is 1. The van der Waals surface area contributed by atoms with Crippen LogP contribution in [0.1, 0.15) is 11.1 Å². The van der Waals surface area contributed by atoms with Gasteiger partial charge in [-0.15, -0.1) is 0 Å². The van der Waals surface area contributed by atoms with Crippen molar-refractivity contribution >= 4 is 11.6 Å². The summed E-state index contributed by atoms with van der Waals surface area (Å²) in [4.78, 5) is 16.0. The number of nitriles is 1. The first-order valence-corrected chi connectivity index (χ1v) is 6.79. The molecule has 0 radical (unpaired) electrons. The van der Waals surface area contributed by atoms with Crippen molar-refractivity contribution < 1.29 is 4.79 Å². The molecule has 0 saturated carbocycles. The van der Waals surface area contributed by atoms with Crippen molar-refractivity contribution in [2.24, 2.45) is 0 Å². The lowest BCUT2D eigenvalue weighted by Crippen LogP contribution is -2.16. The van der Waals surface area contributed by atoms with Crippen LogP contribution in [-0.2, 0) is 11.3 Å². The van der Waals surface area contributed by atoms with Crippen molar-refractivity contribution in [3.8, 4) is 6.07 Å². The molecule has 110 valence electrons. The molecule has 0 atom stereocenters. The third-order valence-corrected chi connectivity index (χ3v) is 2.92. The Labute approximate surface area is 129 Å². The van der Waals surface area contributed by atoms with Crippen LogP contribution in [0.5, 0.6) is 0 Å². The Balaban J connectivity index is 1.97. The van der Waals surface area contributed by atoms with E-state index in [1.807, 2.05) is 43.3 Å². The Bertz CT molecular complexity index is 717. The predicted molar refractivity (Wildman–Crippen MR) is 84.6 cm³/mol. The van der Waals surface area contributed by atoms with E-state index in [0.29, 0.717) is 12.2 Å². The molecule has 5 nitrogen and oxygen atoms in total. The molecule has 1 aromatic carbocycles. The summed E-state index contributed by atoms with van der Waals surface area (Å²) in [6.07, 6.45) is 4.83. The summed E-state index contributed by atoms with van der Waals surface area (Å²) in [7, 11) is 0. The maximum absolute atomic E-state index is 12.0. The second kappa shape index (κ2) is 7.60. The molecule has 2 aromatic rings. The van der Waals surface area contributed by atoms with Gasteiger partial charge in [0.25, 0.3) is 5.91 Å². The molecule has 0 aliphatic heterocycles. The number of rotatable bonds is 5. The molecule has 0 aliphatic carbocycles. The minimum Gasteiger partial charge on any atom is -0.386 e. The number of carbonyl (C=O) groups is 1. The van der Waals surface area contributed by atoms with Crippen LogP contribution in [0.3, 0.4) is 0 Å². The molecule has 2 rings (SSSR count). The quantitative estimate of drug-likeness (QED) is 0.655. The Kier molecular flexibility index (Phi) is 5.27. The second-order valence-corrected chi connectivity index (χ2v) is 4.74. The summed E-state index contributed by atoms with van der Waals surface area (Å²) in [5.74, 6) is -0.438. The van der Waals surface area contributed by atoms with Gasteiger partial charge in [0.2, 0.25) is 0 Å². The second-order valence-electron chi connectivity index (χ2n) is 4.74. The fourth-order valence-electron chi connectivity index (χ4n) is 1.84. The molecule has 0 fully saturated rings. The van der Waals surface area contributed by atoms with Crippen LogP contribution >= 0.6 is 0 Å². The predicted octanol–water partition coefficient (Wildman–Crippen LogP) is 2.53. The van der Waals surface area contributed by atoms with E-state index in [-0.39, 0.29) is 5.57 Å². The van der Waals surface area contributed by atoms with E-state index in [1.165, 1.54) is 6.20 Å². The van der Waals surface area contributed by atoms with Gasteiger partial charge in [-0.05, 0) is 36.2 Å². The maximum atomic E-state index is 12.0. The van der Waals surface area contributed by atoms with E-state index < -0.39 is 5.91 Å². The Morgan fingerprint density at radius 2 is 2.23 bits per heavy atom. The number of pyridine rings is 1. The largest absolute Gasteiger partial charge is 0.386 e. The lowest BCUT2D eigenvalue weighted by Gasteiger charge is -2.06. The average Bonchev–Trinajstić information content (AvgIpc) is 2.52. The van der Waals surface area contributed by atoms with E-state index in [4.69, 9.17) is 5.26 Å². The van der Waals surface area contributed by atoms with Crippen LogP contribution in [0.2, 0.25) is 0 Å². The van der Waals surface area contributed by atoms with Gasteiger partial charge in [0.1, 0.15) is 11.6 Å². The zero-order valence-corrected chi connectivity index (χ0v) is 12.2. The number of aryl methyl sites for hydroxylation is 1. The van der Waals surface area contributed by atoms with Gasteiger partial charge in [0.15, 0.2) is 0 Å². The molecule has 1 heterocycles. The molecule has 0 spiro atoms. The molecule has 0 saturated heterocycles. The molecule has 5 heteroatoms. The van der Waals surface area contributed by atoms with E-state index in [0.717, 1.165) is 11.1 Å². The first kappa shape index (κ1) is 15.3. The minimum absolute atomic E-state index is 0.0189. The normalized spacial score (nSPS) is 10.6. The van der Waals surface area contributed by atoms with Gasteiger partial charge in [0.05, 0.1) is 0 Å². The summed E-state index contributed by atoms with van der Waals surface area (Å²) < 4.78 is 0. The van der Waals surface area contributed by atoms with E-state index in [2.05, 4.69) is 15.6 Å². The van der Waals surface area contributed by atoms with Crippen LogP contribution in [0, 0.1) is 18.3 Å². The molecule has 2 N–H and O–H groups in total. The Morgan fingerprint density at radius 1 is 1.36 bits per heavy atom. The summed E-state index contributed by atoms with van der Waals surface area (Å²) >= 11 is 0. The van der Waals surface area contributed by atoms with Crippen LogP contribution in [0.25, 0.3) is 0 Å². The number of amides is 1. The molecule has 0 bridgehead atoms. The van der Waals surface area contributed by atoms with Crippen LogP contribution in [0.4, 0.5) is 5.69 Å². The van der Waals surface area contributed by atoms with E-state index in [9.17, 15) is 4.79 Å². The minimum atomic E-state index is -0.438. The van der Waals surface area contributed by atoms with Gasteiger partial charge in [-0.1, -0.05) is 18.2 Å². The number of aromatic nitrogens is 1. The molecule has 1 amide bonds. The summed E-state index contributed by atoms with van der Waals surface area (Å²) in [6, 6.07) is 13.0. The lowest BCUT2D eigenvalue weighted by molar-refractivity contribution is -0.112. The molecular formula is C17H16N4O. The van der Waals surface area contributed by atoms with E-state index >= 15 is 0 Å². The van der Waals surface area contributed by atoms with Crippen molar-refractivity contribution in [2.75, 3.05) is 5.32 Å². The standard InChI is InChI=1S/C17H16N4O/c1-13-4-2-6-16(8-13)21-17(22)15(9-18)12-20-11-14-5-3-7-19-10-14/h2-8,10,12,20H,11H2,1H3,(H,21,22)/b15-12-. The zero-order valence-electron chi connectivity index (χ0n) is 12.2. The number of nitrogens with one attached hydrogen (secondary N) is 2. The Morgan fingerprint density at radius 3 is 2.91 bits per heavy atom. The number of carbonyl (C=O) groups excluding carboxylic acids is 1. The highest BCUT2D eigenvalue weighted by atomic mass is 16.1. The van der Waals surface area contributed by atoms with Crippen molar-refractivity contribution in [1.29, 1.82) is 5.26 Å². The van der Waals surface area contributed by atoms with Crippen LogP contribution in [-0.4, -0.2) is 10.9 Å². The van der Waals surface area contributed by atoms with Crippen molar-refractivity contribution in [2.45, 2.75) is 13.5 Å². The fraction of sp³-hybridized carbons (Fsp3) is 0.118. The summed E-state index contributed by atoms with van der Waals surface area (Å²) in [5.41, 5.74) is 2.69. The molecule has 1 aromatic heterocycles. The third-order valence-electron chi connectivity index (χ3n) is 2.92. The van der Waals surface area contributed by atoms with Crippen molar-refractivity contribution in [3.63, 3.8) is 0 Å². The monoisotopic (exact) mass is 292 g/mol. The number of hydrogen-bond donors (Lipinski definition) is 2. The van der Waals surface area contributed by atoms with Gasteiger partial charge in [-0.2, -0.15) is 5.26 Å². The van der Waals surface area contributed by atoms with E-state index in [1.54, 1.807) is 18.5 Å². The molecular weight excluding hydrogens is 276 g/mol. The topological polar surface area (TPSA) is 77.8 Å². The van der Waals surface area contributed by atoms with Gasteiger partial charge < -0.3 is 10.6 Å². The summed E-state index contributed by atoms with van der Waals surface area (Å²) in [5, 5.41) is 14.7. The SMILES string of the molecule is Cc1cccc(NC(=O)/C(C#N)=C\NCc2cccnc2)c1. The lowest BCUT2D eigenvalue weighted by atomic mass is 10.2. The van der Waals surface area contributed by atoms with Gasteiger partial charge >= 0.3 is 0 Å². The highest BCUT2D eigenvalue weighted by Gasteiger charge is 2.09. The highest BCUT2D eigenvalue weighted by Crippen LogP contribution is 2.10. The molecule has 0 unspecified atom stereocenters. The fourth-order valence-corrected chi connectivity index (χ4v) is 1.84. The highest BCUT2D eigenvalue weighted by molar-refractivity contribution is 6.06. The maximum Gasteiger partial charge on any atom is 0.267 e. The number of benzene rings is 1. The molecule has 0 aliphatic rings. The first-order chi connectivity index (χ1) is 10.7. The summed E-state index contributed by atoms with van der Waals surface area (Å²) in [6.45, 7) is 2.43. The number of nitrogens with zero attached hydrogens (tertiary/aromatic N) is 2. The Hall–Kier alpha value is -3.13. The van der Waals surface area contributed by atoms with Gasteiger partial charge in [0, 0.05) is 30.8 Å². The van der Waals surface area contributed by atoms with Crippen molar-refractivity contribution in [3.05, 3.63) is 71.7 Å².